The highest BCUT2D eigenvalue weighted by molar-refractivity contribution is 8.13. The van der Waals surface area contributed by atoms with Crippen LogP contribution in [0.3, 0.4) is 0 Å². The number of amides is 1. The highest BCUT2D eigenvalue weighted by atomic mass is 32.2. The van der Waals surface area contributed by atoms with Crippen LogP contribution in [0.4, 0.5) is 0 Å². The number of likely N-dealkylation sites (N-methyl/N-ethyl adjacent to an activating group) is 1. The summed E-state index contributed by atoms with van der Waals surface area (Å²) in [6, 6.07) is 0. The molecule has 0 fully saturated rings. The molecule has 0 atom stereocenters. The lowest BCUT2D eigenvalue weighted by atomic mass is 10.4. The monoisotopic (exact) mass is 247 g/mol. The van der Waals surface area contributed by atoms with Crippen molar-refractivity contribution >= 4 is 28.8 Å². The van der Waals surface area contributed by atoms with Crippen molar-refractivity contribution in [2.75, 3.05) is 26.0 Å². The van der Waals surface area contributed by atoms with Gasteiger partial charge >= 0.3 is 5.97 Å². The number of thioether (sulfide) groups is 1. The Morgan fingerprint density at radius 1 is 1.31 bits per heavy atom. The van der Waals surface area contributed by atoms with E-state index in [-0.39, 0.29) is 24.0 Å². The van der Waals surface area contributed by atoms with Crippen LogP contribution in [0, 0.1) is 0 Å². The van der Waals surface area contributed by atoms with Crippen LogP contribution in [0.2, 0.25) is 0 Å². The molecule has 92 valence electrons. The molecule has 0 aliphatic carbocycles. The molecule has 5 nitrogen and oxygen atoms in total. The molecule has 0 aliphatic rings. The molecule has 0 aromatic carbocycles. The van der Waals surface area contributed by atoms with Crippen LogP contribution in [0.5, 0.6) is 0 Å². The number of ether oxygens (including phenoxy) is 1. The van der Waals surface area contributed by atoms with Gasteiger partial charge in [0.05, 0.1) is 6.61 Å². The predicted molar refractivity (Wildman–Crippen MR) is 62.0 cm³/mol. The number of carbonyl (C=O) groups is 3. The Labute approximate surface area is 99.5 Å². The van der Waals surface area contributed by atoms with Crippen LogP contribution in [-0.2, 0) is 19.1 Å². The van der Waals surface area contributed by atoms with Crippen LogP contribution < -0.4 is 0 Å². The maximum atomic E-state index is 11.5. The van der Waals surface area contributed by atoms with E-state index in [0.717, 1.165) is 11.8 Å². The topological polar surface area (TPSA) is 63.7 Å². The summed E-state index contributed by atoms with van der Waals surface area (Å²) in [7, 11) is 1.54. The van der Waals surface area contributed by atoms with Gasteiger partial charge in [-0.25, -0.2) is 0 Å². The smallest absolute Gasteiger partial charge is 0.325 e. The maximum Gasteiger partial charge on any atom is 0.325 e. The van der Waals surface area contributed by atoms with E-state index in [9.17, 15) is 14.4 Å². The maximum absolute atomic E-state index is 11.5. The van der Waals surface area contributed by atoms with E-state index in [1.54, 1.807) is 6.92 Å². The van der Waals surface area contributed by atoms with E-state index in [1.807, 2.05) is 0 Å². The number of esters is 1. The van der Waals surface area contributed by atoms with Crippen molar-refractivity contribution in [2.24, 2.45) is 0 Å². The van der Waals surface area contributed by atoms with Crippen molar-refractivity contribution in [1.82, 2.24) is 4.90 Å². The van der Waals surface area contributed by atoms with Gasteiger partial charge in [-0.2, -0.15) is 0 Å². The zero-order valence-corrected chi connectivity index (χ0v) is 10.6. The second-order valence-electron chi connectivity index (χ2n) is 3.14. The zero-order valence-electron chi connectivity index (χ0n) is 9.82. The lowest BCUT2D eigenvalue weighted by molar-refractivity contribution is -0.148. The third kappa shape index (κ3) is 7.28. The lowest BCUT2D eigenvalue weighted by Crippen LogP contribution is -2.33. The molecule has 0 rings (SSSR count). The molecule has 16 heavy (non-hydrogen) atoms. The second kappa shape index (κ2) is 8.15. The van der Waals surface area contributed by atoms with E-state index in [1.165, 1.54) is 18.9 Å². The van der Waals surface area contributed by atoms with Crippen molar-refractivity contribution in [3.63, 3.8) is 0 Å². The van der Waals surface area contributed by atoms with Gasteiger partial charge in [0, 0.05) is 26.1 Å². The summed E-state index contributed by atoms with van der Waals surface area (Å²) in [4.78, 5) is 34.4. The summed E-state index contributed by atoms with van der Waals surface area (Å²) < 4.78 is 4.71. The first kappa shape index (κ1) is 15.0. The van der Waals surface area contributed by atoms with Gasteiger partial charge in [-0.1, -0.05) is 11.8 Å². The van der Waals surface area contributed by atoms with Crippen molar-refractivity contribution in [3.8, 4) is 0 Å². The minimum absolute atomic E-state index is 0.0131. The first-order chi connectivity index (χ1) is 7.47. The number of nitrogens with zero attached hydrogens (tertiary/aromatic N) is 1. The third-order valence-corrected chi connectivity index (χ3v) is 2.53. The first-order valence-electron chi connectivity index (χ1n) is 5.00. The second-order valence-corrected chi connectivity index (χ2v) is 4.42. The fraction of sp³-hybridized carbons (Fsp3) is 0.700. The molecular formula is C10H17NO4S. The molecule has 0 saturated carbocycles. The minimum Gasteiger partial charge on any atom is -0.465 e. The Hall–Kier alpha value is -1.04. The summed E-state index contributed by atoms with van der Waals surface area (Å²) in [5.41, 5.74) is 0. The summed E-state index contributed by atoms with van der Waals surface area (Å²) >= 11 is 1.10. The number of hydrogen-bond acceptors (Lipinski definition) is 5. The standard InChI is InChI=1S/C10H17NO4S/c1-4-15-10(14)7-11(3)9(13)5-6-16-8(2)12/h4-7H2,1-3H3. The molecule has 0 bridgehead atoms. The Balaban J connectivity index is 3.81. The average Bonchev–Trinajstić information content (AvgIpc) is 2.17. The van der Waals surface area contributed by atoms with Gasteiger partial charge in [0.2, 0.25) is 5.91 Å². The zero-order chi connectivity index (χ0) is 12.6. The van der Waals surface area contributed by atoms with Crippen LogP contribution in [0.25, 0.3) is 0 Å². The average molecular weight is 247 g/mol. The molecule has 0 saturated heterocycles. The van der Waals surface area contributed by atoms with Crippen molar-refractivity contribution in [2.45, 2.75) is 20.3 Å². The Kier molecular flexibility index (Phi) is 7.62. The molecule has 0 radical (unpaired) electrons. The summed E-state index contributed by atoms with van der Waals surface area (Å²) in [6.07, 6.45) is 0.250. The van der Waals surface area contributed by atoms with Gasteiger partial charge in [0.1, 0.15) is 6.54 Å². The predicted octanol–water partition coefficient (Wildman–Crippen LogP) is 0.678. The van der Waals surface area contributed by atoms with Gasteiger partial charge in [-0.15, -0.1) is 0 Å². The molecule has 0 aromatic heterocycles. The van der Waals surface area contributed by atoms with E-state index in [4.69, 9.17) is 4.74 Å². The normalized spacial score (nSPS) is 9.69. The molecule has 0 aromatic rings. The van der Waals surface area contributed by atoms with Crippen molar-refractivity contribution in [1.29, 1.82) is 0 Å². The van der Waals surface area contributed by atoms with Crippen molar-refractivity contribution in [3.05, 3.63) is 0 Å². The van der Waals surface area contributed by atoms with Crippen LogP contribution in [0.1, 0.15) is 20.3 Å². The van der Waals surface area contributed by atoms with Gasteiger partial charge in [-0.05, 0) is 6.92 Å². The van der Waals surface area contributed by atoms with Gasteiger partial charge in [0.25, 0.3) is 0 Å². The van der Waals surface area contributed by atoms with Crippen LogP contribution >= 0.6 is 11.8 Å². The van der Waals surface area contributed by atoms with Gasteiger partial charge < -0.3 is 9.64 Å². The fourth-order valence-corrected chi connectivity index (χ4v) is 1.53. The van der Waals surface area contributed by atoms with Crippen molar-refractivity contribution < 1.29 is 19.1 Å². The SMILES string of the molecule is CCOC(=O)CN(C)C(=O)CCSC(C)=O. The van der Waals surface area contributed by atoms with E-state index < -0.39 is 5.97 Å². The lowest BCUT2D eigenvalue weighted by Gasteiger charge is -2.15. The largest absolute Gasteiger partial charge is 0.465 e. The molecule has 1 amide bonds. The van der Waals surface area contributed by atoms with E-state index >= 15 is 0 Å². The number of hydrogen-bond donors (Lipinski definition) is 0. The highest BCUT2D eigenvalue weighted by Crippen LogP contribution is 2.04. The first-order valence-corrected chi connectivity index (χ1v) is 5.98. The summed E-state index contributed by atoms with van der Waals surface area (Å²) in [5.74, 6) is -0.138. The molecular weight excluding hydrogens is 230 g/mol. The highest BCUT2D eigenvalue weighted by Gasteiger charge is 2.13. The molecule has 0 spiro atoms. The Bertz CT molecular complexity index is 268. The molecule has 0 aliphatic heterocycles. The Morgan fingerprint density at radius 2 is 1.94 bits per heavy atom. The third-order valence-electron chi connectivity index (χ3n) is 1.72. The molecule has 0 heterocycles. The minimum atomic E-state index is -0.419. The quantitative estimate of drug-likeness (QED) is 0.646. The Morgan fingerprint density at radius 3 is 2.44 bits per heavy atom. The number of rotatable bonds is 6. The fourth-order valence-electron chi connectivity index (χ4n) is 0.961. The summed E-state index contributed by atoms with van der Waals surface area (Å²) in [5, 5.41) is -0.0131. The molecule has 6 heteroatoms. The number of carbonyl (C=O) groups excluding carboxylic acids is 3. The van der Waals surface area contributed by atoms with Gasteiger partial charge in [-0.3, -0.25) is 14.4 Å². The molecule has 0 unspecified atom stereocenters. The van der Waals surface area contributed by atoms with Gasteiger partial charge in [0.15, 0.2) is 5.12 Å². The summed E-state index contributed by atoms with van der Waals surface area (Å²) in [6.45, 7) is 3.43. The van der Waals surface area contributed by atoms with Crippen LogP contribution in [-0.4, -0.2) is 47.8 Å². The van der Waals surface area contributed by atoms with E-state index in [0.29, 0.717) is 12.4 Å². The molecule has 0 N–H and O–H groups in total. The van der Waals surface area contributed by atoms with E-state index in [2.05, 4.69) is 0 Å². The van der Waals surface area contributed by atoms with Crippen LogP contribution in [0.15, 0.2) is 0 Å².